The van der Waals surface area contributed by atoms with E-state index >= 15 is 0 Å². The molecule has 1 aliphatic carbocycles. The number of allylic oxidation sites excluding steroid dienone is 2. The maximum absolute atomic E-state index is 11.2. The molecule has 6 heteroatoms. The average molecular weight is 413 g/mol. The predicted octanol–water partition coefficient (Wildman–Crippen LogP) is 3.37. The zero-order valence-corrected chi connectivity index (χ0v) is 15.3. The van der Waals surface area contributed by atoms with Crippen LogP contribution in [-0.4, -0.2) is 12.8 Å². The average Bonchev–Trinajstić information content (AvgIpc) is 3.29. The van der Waals surface area contributed by atoms with E-state index in [9.17, 15) is 9.90 Å². The summed E-state index contributed by atoms with van der Waals surface area (Å²) in [6, 6.07) is 9.21. The second-order valence-corrected chi connectivity index (χ2v) is 7.65. The van der Waals surface area contributed by atoms with Crippen LogP contribution in [0.1, 0.15) is 39.9 Å². The number of halogens is 1. The molecule has 2 aromatic rings. The molecule has 0 amide bonds. The molecular weight excluding hydrogens is 398 g/mol. The first kappa shape index (κ1) is 15.8. The molecule has 0 unspecified atom stereocenters. The third-order valence-corrected chi connectivity index (χ3v) is 6.11. The molecule has 2 heterocycles. The molecule has 0 saturated heterocycles. The van der Waals surface area contributed by atoms with E-state index in [1.807, 2.05) is 18.2 Å². The van der Waals surface area contributed by atoms with Crippen molar-refractivity contribution in [3.05, 3.63) is 63.6 Å². The molecule has 26 heavy (non-hydrogen) atoms. The molecular formula is C20H15BrNO4-. The van der Waals surface area contributed by atoms with E-state index in [2.05, 4.69) is 33.4 Å². The minimum Gasteiger partial charge on any atom is -0.545 e. The second kappa shape index (κ2) is 5.77. The highest BCUT2D eigenvalue weighted by Gasteiger charge is 2.39. The normalized spacial score (nSPS) is 24.7. The van der Waals surface area contributed by atoms with Gasteiger partial charge in [-0.3, -0.25) is 0 Å². The predicted molar refractivity (Wildman–Crippen MR) is 97.4 cm³/mol. The molecule has 1 N–H and O–H groups in total. The number of benzene rings is 2. The van der Waals surface area contributed by atoms with Crippen LogP contribution in [0.4, 0.5) is 5.69 Å². The summed E-state index contributed by atoms with van der Waals surface area (Å²) in [5.41, 5.74) is 3.30. The number of aromatic carboxylic acids is 1. The number of nitrogens with one attached hydrogen (secondary N) is 1. The van der Waals surface area contributed by atoms with E-state index in [1.54, 1.807) is 12.1 Å². The number of anilines is 1. The Labute approximate surface area is 158 Å². The fraction of sp³-hybridized carbons (Fsp3) is 0.250. The third kappa shape index (κ3) is 2.32. The van der Waals surface area contributed by atoms with Crippen LogP contribution < -0.4 is 19.9 Å². The molecule has 0 fully saturated rings. The van der Waals surface area contributed by atoms with Crippen molar-refractivity contribution < 1.29 is 19.4 Å². The lowest BCUT2D eigenvalue weighted by molar-refractivity contribution is -0.255. The van der Waals surface area contributed by atoms with Crippen molar-refractivity contribution >= 4 is 27.6 Å². The second-order valence-electron chi connectivity index (χ2n) is 6.79. The molecule has 132 valence electrons. The molecule has 0 radical (unpaired) electrons. The lowest BCUT2D eigenvalue weighted by Gasteiger charge is -2.38. The van der Waals surface area contributed by atoms with Crippen molar-refractivity contribution in [1.82, 2.24) is 0 Å². The summed E-state index contributed by atoms with van der Waals surface area (Å²) in [5, 5.41) is 14.8. The van der Waals surface area contributed by atoms with Crippen molar-refractivity contribution in [3.63, 3.8) is 0 Å². The number of carbonyl (C=O) groups is 1. The molecule has 3 atom stereocenters. The van der Waals surface area contributed by atoms with E-state index in [0.717, 1.165) is 39.2 Å². The number of fused-ring (bicyclic) bond motifs is 4. The quantitative estimate of drug-likeness (QED) is 0.765. The van der Waals surface area contributed by atoms with Crippen molar-refractivity contribution in [3.8, 4) is 11.5 Å². The summed E-state index contributed by atoms with van der Waals surface area (Å²) in [5.74, 6) is 0.832. The standard InChI is InChI=1S/C20H16BrNO4/c21-15-8-18-17(25-9-26-18)7-14(15)19-12-3-1-2-11(12)13-6-10(20(23)24)4-5-16(13)22-19/h1-2,4-8,11-12,19,22H,3,9H2,(H,23,24)/p-1/t11-,12+,19-/m1/s1. The van der Waals surface area contributed by atoms with Crippen LogP contribution in [0, 0.1) is 5.92 Å². The van der Waals surface area contributed by atoms with E-state index in [1.165, 1.54) is 0 Å². The van der Waals surface area contributed by atoms with Gasteiger partial charge in [-0.15, -0.1) is 0 Å². The van der Waals surface area contributed by atoms with Crippen LogP contribution >= 0.6 is 15.9 Å². The van der Waals surface area contributed by atoms with E-state index in [-0.39, 0.29) is 24.3 Å². The van der Waals surface area contributed by atoms with E-state index in [0.29, 0.717) is 5.92 Å². The molecule has 0 bridgehead atoms. The highest BCUT2D eigenvalue weighted by molar-refractivity contribution is 9.10. The van der Waals surface area contributed by atoms with Gasteiger partial charge >= 0.3 is 0 Å². The van der Waals surface area contributed by atoms with Gasteiger partial charge in [-0.25, -0.2) is 0 Å². The number of hydrogen-bond acceptors (Lipinski definition) is 5. The number of hydrogen-bond donors (Lipinski definition) is 1. The minimum atomic E-state index is -1.15. The van der Waals surface area contributed by atoms with Gasteiger partial charge in [0.1, 0.15) is 0 Å². The first-order chi connectivity index (χ1) is 12.6. The number of rotatable bonds is 2. The molecule has 0 spiro atoms. The van der Waals surface area contributed by atoms with Gasteiger partial charge in [0.2, 0.25) is 6.79 Å². The van der Waals surface area contributed by atoms with Gasteiger partial charge in [-0.2, -0.15) is 0 Å². The van der Waals surface area contributed by atoms with Gasteiger partial charge < -0.3 is 24.7 Å². The van der Waals surface area contributed by atoms with Gasteiger partial charge in [-0.1, -0.05) is 34.1 Å². The number of ether oxygens (including phenoxy) is 2. The van der Waals surface area contributed by atoms with Crippen molar-refractivity contribution in [2.24, 2.45) is 5.92 Å². The van der Waals surface area contributed by atoms with Crippen LogP contribution in [0.2, 0.25) is 0 Å². The van der Waals surface area contributed by atoms with Crippen molar-refractivity contribution in [1.29, 1.82) is 0 Å². The highest BCUT2D eigenvalue weighted by Crippen LogP contribution is 2.52. The number of carbonyl (C=O) groups excluding carboxylic acids is 1. The van der Waals surface area contributed by atoms with Gasteiger partial charge in [0.15, 0.2) is 11.5 Å². The number of carboxylic acid groups (broad SMARTS) is 1. The molecule has 0 aromatic heterocycles. The Morgan fingerprint density at radius 3 is 2.77 bits per heavy atom. The first-order valence-electron chi connectivity index (χ1n) is 8.49. The summed E-state index contributed by atoms with van der Waals surface area (Å²) < 4.78 is 12.0. The lowest BCUT2D eigenvalue weighted by atomic mass is 9.76. The molecule has 2 aliphatic heterocycles. The fourth-order valence-electron chi connectivity index (χ4n) is 4.20. The zero-order valence-electron chi connectivity index (χ0n) is 13.7. The van der Waals surface area contributed by atoms with Crippen LogP contribution in [0.15, 0.2) is 47.0 Å². The molecule has 0 saturated carbocycles. The highest BCUT2D eigenvalue weighted by atomic mass is 79.9. The topological polar surface area (TPSA) is 70.6 Å². The zero-order chi connectivity index (χ0) is 17.8. The summed E-state index contributed by atoms with van der Waals surface area (Å²) in [4.78, 5) is 11.2. The lowest BCUT2D eigenvalue weighted by Crippen LogP contribution is -2.30. The summed E-state index contributed by atoms with van der Waals surface area (Å²) in [6.45, 7) is 0.242. The maximum Gasteiger partial charge on any atom is 0.231 e. The SMILES string of the molecule is O=C([O-])c1ccc2c(c1)[C@@H]1C=CC[C@@H]1[C@H](c1cc3c(cc1Br)OCO3)N2. The Hall–Kier alpha value is -2.47. The maximum atomic E-state index is 11.2. The van der Waals surface area contributed by atoms with Crippen LogP contribution in [-0.2, 0) is 0 Å². The van der Waals surface area contributed by atoms with Crippen LogP contribution in [0.25, 0.3) is 0 Å². The molecule has 5 rings (SSSR count). The van der Waals surface area contributed by atoms with E-state index < -0.39 is 5.97 Å². The Kier molecular flexibility index (Phi) is 3.50. The Balaban J connectivity index is 1.59. The monoisotopic (exact) mass is 412 g/mol. The smallest absolute Gasteiger partial charge is 0.231 e. The molecule has 3 aliphatic rings. The van der Waals surface area contributed by atoms with Gasteiger partial charge in [0.25, 0.3) is 0 Å². The van der Waals surface area contributed by atoms with Crippen molar-refractivity contribution in [2.45, 2.75) is 18.4 Å². The third-order valence-electron chi connectivity index (χ3n) is 5.43. The Morgan fingerprint density at radius 1 is 1.15 bits per heavy atom. The van der Waals surface area contributed by atoms with Gasteiger partial charge in [0, 0.05) is 16.1 Å². The molecule has 5 nitrogen and oxygen atoms in total. The summed E-state index contributed by atoms with van der Waals surface area (Å²) in [7, 11) is 0. The largest absolute Gasteiger partial charge is 0.545 e. The van der Waals surface area contributed by atoms with Crippen molar-refractivity contribution in [2.75, 3.05) is 12.1 Å². The number of carboxylic acids is 1. The first-order valence-corrected chi connectivity index (χ1v) is 9.28. The Morgan fingerprint density at radius 2 is 1.96 bits per heavy atom. The fourth-order valence-corrected chi connectivity index (χ4v) is 4.77. The molecule has 2 aromatic carbocycles. The van der Waals surface area contributed by atoms with E-state index in [4.69, 9.17) is 9.47 Å². The summed E-state index contributed by atoms with van der Waals surface area (Å²) in [6.07, 6.45) is 5.28. The Bertz CT molecular complexity index is 955. The van der Waals surface area contributed by atoms with Gasteiger partial charge in [0.05, 0.1) is 12.0 Å². The minimum absolute atomic E-state index is 0.0835. The summed E-state index contributed by atoms with van der Waals surface area (Å²) >= 11 is 3.67. The van der Waals surface area contributed by atoms with Crippen LogP contribution in [0.3, 0.4) is 0 Å². The van der Waals surface area contributed by atoms with Crippen LogP contribution in [0.5, 0.6) is 11.5 Å². The van der Waals surface area contributed by atoms with Gasteiger partial charge in [-0.05, 0) is 53.3 Å².